The molecule has 0 aromatic heterocycles. The van der Waals surface area contributed by atoms with E-state index in [0.29, 0.717) is 6.04 Å². The van der Waals surface area contributed by atoms with E-state index < -0.39 is 0 Å². The van der Waals surface area contributed by atoms with Crippen molar-refractivity contribution < 1.29 is 5.11 Å². The van der Waals surface area contributed by atoms with Gasteiger partial charge in [-0.05, 0) is 19.9 Å². The fraction of sp³-hybridized carbons (Fsp3) is 1.00. The number of fused-ring (bicyclic) bond motifs is 1. The Hall–Kier alpha value is -0.0800. The lowest BCUT2D eigenvalue weighted by molar-refractivity contribution is 0.0627. The van der Waals surface area contributed by atoms with Crippen LogP contribution in [0.2, 0.25) is 0 Å². The van der Waals surface area contributed by atoms with Crippen LogP contribution in [0, 0.1) is 0 Å². The lowest BCUT2D eigenvalue weighted by Gasteiger charge is -2.37. The van der Waals surface area contributed by atoms with E-state index in [4.69, 9.17) is 5.11 Å². The number of rotatable bonds is 0. The average Bonchev–Trinajstić information content (AvgIpc) is 2.19. The summed E-state index contributed by atoms with van der Waals surface area (Å²) >= 11 is 0. The topological polar surface area (TPSA) is 23.5 Å². The van der Waals surface area contributed by atoms with Crippen molar-refractivity contribution in [2.45, 2.75) is 31.0 Å². The Morgan fingerprint density at radius 1 is 1.50 bits per heavy atom. The highest BCUT2D eigenvalue weighted by Crippen LogP contribution is 2.38. The number of hydrogen-bond acceptors (Lipinski definition) is 2. The summed E-state index contributed by atoms with van der Waals surface area (Å²) in [5.41, 5.74) is 0. The maximum Gasteiger partial charge on any atom is 0.0710 e. The second-order valence-electron chi connectivity index (χ2n) is 2.93. The Labute approximate surface area is 49.1 Å². The molecular weight excluding hydrogens is 102 g/mol. The Morgan fingerprint density at radius 2 is 2.25 bits per heavy atom. The SMILES string of the molecule is CN1C2C[C@@H]1CC2O. The van der Waals surface area contributed by atoms with E-state index >= 15 is 0 Å². The Bertz CT molecular complexity index is 111. The summed E-state index contributed by atoms with van der Waals surface area (Å²) in [7, 11) is 2.09. The summed E-state index contributed by atoms with van der Waals surface area (Å²) in [6.07, 6.45) is 2.24. The van der Waals surface area contributed by atoms with E-state index in [1.807, 2.05) is 0 Å². The van der Waals surface area contributed by atoms with Crippen molar-refractivity contribution in [1.82, 2.24) is 4.90 Å². The summed E-state index contributed by atoms with van der Waals surface area (Å²) in [4.78, 5) is 2.27. The predicted molar refractivity (Wildman–Crippen MR) is 30.6 cm³/mol. The van der Waals surface area contributed by atoms with Gasteiger partial charge in [-0.15, -0.1) is 0 Å². The van der Waals surface area contributed by atoms with Gasteiger partial charge in [0.15, 0.2) is 0 Å². The van der Waals surface area contributed by atoms with Gasteiger partial charge in [0, 0.05) is 12.1 Å². The molecule has 0 aromatic rings. The van der Waals surface area contributed by atoms with Crippen molar-refractivity contribution in [2.24, 2.45) is 0 Å². The zero-order valence-electron chi connectivity index (χ0n) is 5.04. The minimum Gasteiger partial charge on any atom is -0.391 e. The van der Waals surface area contributed by atoms with Crippen LogP contribution in [0.4, 0.5) is 0 Å². The highest BCUT2D eigenvalue weighted by atomic mass is 16.3. The lowest BCUT2D eigenvalue weighted by Crippen LogP contribution is -2.47. The standard InChI is InChI=1S/C6H11NO/c1-7-4-2-5(7)6(8)3-4/h4-6,8H,2-3H2,1H3/t4-,5?,6?/m1/s1. The highest BCUT2D eigenvalue weighted by Gasteiger charge is 2.48. The minimum atomic E-state index is -0.00926. The molecule has 1 aliphatic carbocycles. The van der Waals surface area contributed by atoms with E-state index in [2.05, 4.69) is 11.9 Å². The molecule has 2 heterocycles. The molecule has 2 unspecified atom stereocenters. The molecule has 2 aliphatic heterocycles. The molecule has 0 amide bonds. The van der Waals surface area contributed by atoms with E-state index in [0.717, 1.165) is 12.5 Å². The van der Waals surface area contributed by atoms with Crippen molar-refractivity contribution in [3.8, 4) is 0 Å². The molecule has 2 nitrogen and oxygen atoms in total. The van der Waals surface area contributed by atoms with Gasteiger partial charge in [0.1, 0.15) is 0 Å². The van der Waals surface area contributed by atoms with E-state index in [9.17, 15) is 0 Å². The molecule has 3 rings (SSSR count). The smallest absolute Gasteiger partial charge is 0.0710 e. The summed E-state index contributed by atoms with van der Waals surface area (Å²) < 4.78 is 0. The maximum absolute atomic E-state index is 9.17. The number of nitrogens with zero attached hydrogens (tertiary/aromatic N) is 1. The molecule has 2 heteroatoms. The van der Waals surface area contributed by atoms with Gasteiger partial charge in [0.05, 0.1) is 6.10 Å². The van der Waals surface area contributed by atoms with Crippen molar-refractivity contribution in [3.05, 3.63) is 0 Å². The van der Waals surface area contributed by atoms with Gasteiger partial charge in [-0.1, -0.05) is 0 Å². The zero-order chi connectivity index (χ0) is 5.72. The third-order valence-electron chi connectivity index (χ3n) is 2.57. The molecule has 3 fully saturated rings. The van der Waals surface area contributed by atoms with Crippen LogP contribution >= 0.6 is 0 Å². The Kier molecular flexibility index (Phi) is 0.746. The quantitative estimate of drug-likeness (QED) is 0.471. The zero-order valence-corrected chi connectivity index (χ0v) is 5.04. The molecule has 0 aromatic carbocycles. The maximum atomic E-state index is 9.17. The minimum absolute atomic E-state index is 0.00926. The summed E-state index contributed by atoms with van der Waals surface area (Å²) in [5, 5.41) is 9.17. The van der Waals surface area contributed by atoms with Crippen LogP contribution < -0.4 is 0 Å². The van der Waals surface area contributed by atoms with Gasteiger partial charge in [-0.3, -0.25) is 4.90 Å². The van der Waals surface area contributed by atoms with Crippen LogP contribution in [0.15, 0.2) is 0 Å². The average molecular weight is 113 g/mol. The largest absolute Gasteiger partial charge is 0.391 e. The first-order valence-electron chi connectivity index (χ1n) is 3.19. The van der Waals surface area contributed by atoms with Crippen molar-refractivity contribution in [1.29, 1.82) is 0 Å². The first kappa shape index (κ1) is 4.77. The molecule has 1 N–H and O–H groups in total. The monoisotopic (exact) mass is 113 g/mol. The van der Waals surface area contributed by atoms with Crippen LogP contribution in [0.3, 0.4) is 0 Å². The van der Waals surface area contributed by atoms with Gasteiger partial charge in [0.25, 0.3) is 0 Å². The molecule has 46 valence electrons. The predicted octanol–water partition coefficient (Wildman–Crippen LogP) is -0.176. The third kappa shape index (κ3) is 0.361. The van der Waals surface area contributed by atoms with Crippen LogP contribution in [0.1, 0.15) is 12.8 Å². The van der Waals surface area contributed by atoms with Crippen LogP contribution in [-0.4, -0.2) is 35.2 Å². The molecule has 3 atom stereocenters. The van der Waals surface area contributed by atoms with Gasteiger partial charge >= 0.3 is 0 Å². The fourth-order valence-electron chi connectivity index (χ4n) is 1.87. The summed E-state index contributed by atoms with van der Waals surface area (Å²) in [6, 6.07) is 1.23. The Morgan fingerprint density at radius 3 is 2.38 bits per heavy atom. The fourth-order valence-corrected chi connectivity index (χ4v) is 1.87. The first-order chi connectivity index (χ1) is 3.79. The molecule has 3 aliphatic rings. The Balaban J connectivity index is 2.13. The van der Waals surface area contributed by atoms with Crippen LogP contribution in [0.5, 0.6) is 0 Å². The van der Waals surface area contributed by atoms with Gasteiger partial charge in [-0.25, -0.2) is 0 Å². The first-order valence-corrected chi connectivity index (χ1v) is 3.19. The lowest BCUT2D eigenvalue weighted by atomic mass is 10.1. The molecule has 2 saturated heterocycles. The van der Waals surface area contributed by atoms with Gasteiger partial charge in [0.2, 0.25) is 0 Å². The molecule has 8 heavy (non-hydrogen) atoms. The highest BCUT2D eigenvalue weighted by molar-refractivity contribution is 5.03. The van der Waals surface area contributed by atoms with E-state index in [1.165, 1.54) is 6.42 Å². The van der Waals surface area contributed by atoms with Crippen LogP contribution in [0.25, 0.3) is 0 Å². The van der Waals surface area contributed by atoms with Crippen molar-refractivity contribution in [3.63, 3.8) is 0 Å². The van der Waals surface area contributed by atoms with Crippen molar-refractivity contribution in [2.75, 3.05) is 7.05 Å². The van der Waals surface area contributed by atoms with Gasteiger partial charge < -0.3 is 5.11 Å². The molecular formula is C6H11NO. The van der Waals surface area contributed by atoms with E-state index in [1.54, 1.807) is 0 Å². The summed E-state index contributed by atoms with van der Waals surface area (Å²) in [6.45, 7) is 0. The molecule has 0 spiro atoms. The second-order valence-corrected chi connectivity index (χ2v) is 2.93. The van der Waals surface area contributed by atoms with E-state index in [-0.39, 0.29) is 6.10 Å². The molecule has 2 bridgehead atoms. The van der Waals surface area contributed by atoms with Crippen molar-refractivity contribution >= 4 is 0 Å². The van der Waals surface area contributed by atoms with Crippen LogP contribution in [-0.2, 0) is 0 Å². The number of likely N-dealkylation sites (N-methyl/N-ethyl adjacent to an activating group) is 1. The number of hydrogen-bond donors (Lipinski definition) is 1. The van der Waals surface area contributed by atoms with Gasteiger partial charge in [-0.2, -0.15) is 0 Å². The third-order valence-corrected chi connectivity index (χ3v) is 2.57. The summed E-state index contributed by atoms with van der Waals surface area (Å²) in [5.74, 6) is 0. The molecule has 0 radical (unpaired) electrons. The number of aliphatic hydroxyl groups is 1. The molecule has 1 saturated carbocycles. The second kappa shape index (κ2) is 1.25. The normalized spacial score (nSPS) is 54.0. The number of aliphatic hydroxyl groups excluding tert-OH is 1.